The average Bonchev–Trinajstić information content (AvgIpc) is 2.92. The second kappa shape index (κ2) is 4.27. The number of aromatic nitrogens is 1. The number of hydrogen-bond donors (Lipinski definition) is 0. The first-order valence-electron chi connectivity index (χ1n) is 6.60. The zero-order valence-electron chi connectivity index (χ0n) is 11.1. The summed E-state index contributed by atoms with van der Waals surface area (Å²) < 4.78 is 16.3. The molecular formula is C16H13NO3. The summed E-state index contributed by atoms with van der Waals surface area (Å²) in [5, 5.41) is 3.22. The van der Waals surface area contributed by atoms with Gasteiger partial charge in [-0.15, -0.1) is 0 Å². The Bertz CT molecular complexity index is 814. The summed E-state index contributed by atoms with van der Waals surface area (Å²) in [6.07, 6.45) is 1.76. The van der Waals surface area contributed by atoms with Crippen molar-refractivity contribution in [3.8, 4) is 17.2 Å². The Morgan fingerprint density at radius 1 is 1.10 bits per heavy atom. The van der Waals surface area contributed by atoms with Gasteiger partial charge in [0.05, 0.1) is 18.3 Å². The molecule has 4 rings (SSSR count). The van der Waals surface area contributed by atoms with Crippen molar-refractivity contribution >= 4 is 21.7 Å². The first-order valence-corrected chi connectivity index (χ1v) is 6.60. The molecule has 4 heteroatoms. The summed E-state index contributed by atoms with van der Waals surface area (Å²) >= 11 is 0. The molecule has 3 aromatic rings. The SMILES string of the molecule is CCOc1cnc2c(ccc3cc4c(cc32)OCO4)c1. The van der Waals surface area contributed by atoms with Crippen LogP contribution in [0.2, 0.25) is 0 Å². The number of hydrogen-bond acceptors (Lipinski definition) is 4. The summed E-state index contributed by atoms with van der Waals surface area (Å²) in [7, 11) is 0. The summed E-state index contributed by atoms with van der Waals surface area (Å²) in [5.41, 5.74) is 0.948. The fourth-order valence-corrected chi connectivity index (χ4v) is 2.54. The van der Waals surface area contributed by atoms with E-state index in [2.05, 4.69) is 17.1 Å². The molecule has 0 bridgehead atoms. The van der Waals surface area contributed by atoms with Gasteiger partial charge in [-0.1, -0.05) is 12.1 Å². The van der Waals surface area contributed by atoms with Gasteiger partial charge in [-0.25, -0.2) is 0 Å². The highest BCUT2D eigenvalue weighted by molar-refractivity contribution is 6.06. The lowest BCUT2D eigenvalue weighted by molar-refractivity contribution is 0.174. The summed E-state index contributed by atoms with van der Waals surface area (Å²) in [6.45, 7) is 2.89. The number of rotatable bonds is 2. The highest BCUT2D eigenvalue weighted by atomic mass is 16.7. The molecule has 1 aliphatic heterocycles. The second-order valence-electron chi connectivity index (χ2n) is 4.67. The minimum absolute atomic E-state index is 0.283. The maximum absolute atomic E-state index is 5.49. The summed E-state index contributed by atoms with van der Waals surface area (Å²) in [6, 6.07) is 10.1. The smallest absolute Gasteiger partial charge is 0.231 e. The van der Waals surface area contributed by atoms with E-state index < -0.39 is 0 Å². The third-order valence-corrected chi connectivity index (χ3v) is 3.45. The molecule has 0 unspecified atom stereocenters. The van der Waals surface area contributed by atoms with Gasteiger partial charge in [0.1, 0.15) is 5.75 Å². The minimum Gasteiger partial charge on any atom is -0.492 e. The maximum Gasteiger partial charge on any atom is 0.231 e. The Morgan fingerprint density at radius 2 is 1.90 bits per heavy atom. The van der Waals surface area contributed by atoms with Crippen molar-refractivity contribution < 1.29 is 14.2 Å². The standard InChI is InChI=1S/C16H13NO3/c1-2-18-12-5-11-4-3-10-6-14-15(20-9-19-14)7-13(10)16(11)17-8-12/h3-8H,2,9H2,1H3. The minimum atomic E-state index is 0.283. The van der Waals surface area contributed by atoms with Crippen LogP contribution in [0.15, 0.2) is 36.5 Å². The number of ether oxygens (including phenoxy) is 3. The monoisotopic (exact) mass is 267 g/mol. The molecule has 0 fully saturated rings. The highest BCUT2D eigenvalue weighted by Gasteiger charge is 2.15. The van der Waals surface area contributed by atoms with Gasteiger partial charge in [-0.2, -0.15) is 0 Å². The largest absolute Gasteiger partial charge is 0.492 e. The lowest BCUT2D eigenvalue weighted by Gasteiger charge is -2.07. The van der Waals surface area contributed by atoms with Gasteiger partial charge in [0.2, 0.25) is 6.79 Å². The Balaban J connectivity index is 1.98. The van der Waals surface area contributed by atoms with Crippen LogP contribution in [0.5, 0.6) is 17.2 Å². The topological polar surface area (TPSA) is 40.6 Å². The van der Waals surface area contributed by atoms with Crippen LogP contribution in [0.25, 0.3) is 21.7 Å². The van der Waals surface area contributed by atoms with E-state index in [-0.39, 0.29) is 6.79 Å². The molecule has 0 amide bonds. The number of benzene rings is 2. The van der Waals surface area contributed by atoms with Gasteiger partial charge in [-0.05, 0) is 30.5 Å². The van der Waals surface area contributed by atoms with E-state index in [0.717, 1.165) is 38.9 Å². The van der Waals surface area contributed by atoms with Crippen molar-refractivity contribution in [2.24, 2.45) is 0 Å². The lowest BCUT2D eigenvalue weighted by Crippen LogP contribution is -1.92. The first kappa shape index (κ1) is 11.3. The van der Waals surface area contributed by atoms with Crippen molar-refractivity contribution in [1.29, 1.82) is 0 Å². The van der Waals surface area contributed by atoms with Crippen molar-refractivity contribution in [2.75, 3.05) is 13.4 Å². The van der Waals surface area contributed by atoms with Crippen LogP contribution in [-0.2, 0) is 0 Å². The predicted molar refractivity (Wildman–Crippen MR) is 76.5 cm³/mol. The van der Waals surface area contributed by atoms with Crippen molar-refractivity contribution in [2.45, 2.75) is 6.92 Å². The fourth-order valence-electron chi connectivity index (χ4n) is 2.54. The molecule has 0 saturated heterocycles. The van der Waals surface area contributed by atoms with Gasteiger partial charge in [0, 0.05) is 10.8 Å². The summed E-state index contributed by atoms with van der Waals surface area (Å²) in [5.74, 6) is 2.36. The molecular weight excluding hydrogens is 254 g/mol. The van der Waals surface area contributed by atoms with Crippen LogP contribution in [0.1, 0.15) is 6.92 Å². The number of nitrogens with zero attached hydrogens (tertiary/aromatic N) is 1. The molecule has 100 valence electrons. The van der Waals surface area contributed by atoms with Gasteiger partial charge in [0.15, 0.2) is 11.5 Å². The van der Waals surface area contributed by atoms with E-state index in [1.54, 1.807) is 6.20 Å². The number of pyridine rings is 1. The van der Waals surface area contributed by atoms with E-state index in [9.17, 15) is 0 Å². The quantitative estimate of drug-likeness (QED) is 0.666. The molecule has 4 nitrogen and oxygen atoms in total. The van der Waals surface area contributed by atoms with Crippen molar-refractivity contribution in [3.05, 3.63) is 36.5 Å². The average molecular weight is 267 g/mol. The predicted octanol–water partition coefficient (Wildman–Crippen LogP) is 3.52. The zero-order chi connectivity index (χ0) is 13.5. The summed E-state index contributed by atoms with van der Waals surface area (Å²) in [4.78, 5) is 4.53. The molecule has 0 atom stereocenters. The van der Waals surface area contributed by atoms with Crippen LogP contribution >= 0.6 is 0 Å². The Kier molecular flexibility index (Phi) is 2.42. The molecule has 0 spiro atoms. The van der Waals surface area contributed by atoms with E-state index >= 15 is 0 Å². The van der Waals surface area contributed by atoms with Crippen LogP contribution in [0, 0.1) is 0 Å². The van der Waals surface area contributed by atoms with E-state index in [4.69, 9.17) is 14.2 Å². The molecule has 1 aromatic heterocycles. The third kappa shape index (κ3) is 1.65. The molecule has 0 saturated carbocycles. The normalized spacial score (nSPS) is 13.1. The fraction of sp³-hybridized carbons (Fsp3) is 0.188. The zero-order valence-corrected chi connectivity index (χ0v) is 11.1. The Labute approximate surface area is 115 Å². The molecule has 0 N–H and O–H groups in total. The van der Waals surface area contributed by atoms with Crippen LogP contribution < -0.4 is 14.2 Å². The van der Waals surface area contributed by atoms with Crippen molar-refractivity contribution in [1.82, 2.24) is 4.98 Å². The van der Waals surface area contributed by atoms with E-state index in [0.29, 0.717) is 6.61 Å². The highest BCUT2D eigenvalue weighted by Crippen LogP contribution is 2.38. The van der Waals surface area contributed by atoms with Gasteiger partial charge in [-0.3, -0.25) is 4.98 Å². The second-order valence-corrected chi connectivity index (χ2v) is 4.67. The Morgan fingerprint density at radius 3 is 2.75 bits per heavy atom. The first-order chi connectivity index (χ1) is 9.85. The molecule has 2 heterocycles. The molecule has 0 radical (unpaired) electrons. The van der Waals surface area contributed by atoms with Gasteiger partial charge in [0.25, 0.3) is 0 Å². The molecule has 20 heavy (non-hydrogen) atoms. The van der Waals surface area contributed by atoms with Crippen molar-refractivity contribution in [3.63, 3.8) is 0 Å². The molecule has 1 aliphatic rings. The van der Waals surface area contributed by atoms with Gasteiger partial charge < -0.3 is 14.2 Å². The van der Waals surface area contributed by atoms with Crippen LogP contribution in [-0.4, -0.2) is 18.4 Å². The molecule has 0 aliphatic carbocycles. The van der Waals surface area contributed by atoms with Gasteiger partial charge >= 0.3 is 0 Å². The van der Waals surface area contributed by atoms with E-state index in [1.165, 1.54) is 0 Å². The maximum atomic E-state index is 5.49. The van der Waals surface area contributed by atoms with E-state index in [1.807, 2.05) is 25.1 Å². The van der Waals surface area contributed by atoms with Crippen LogP contribution in [0.4, 0.5) is 0 Å². The number of fused-ring (bicyclic) bond motifs is 4. The lowest BCUT2D eigenvalue weighted by atomic mass is 10.1. The molecule has 2 aromatic carbocycles. The Hall–Kier alpha value is -2.49. The third-order valence-electron chi connectivity index (χ3n) is 3.45. The van der Waals surface area contributed by atoms with Crippen LogP contribution in [0.3, 0.4) is 0 Å².